The van der Waals surface area contributed by atoms with E-state index >= 15 is 0 Å². The number of nitrogens with one attached hydrogen (secondary N) is 1. The van der Waals surface area contributed by atoms with Crippen LogP contribution in [0.3, 0.4) is 0 Å². The molecular formula is C16H28N2O. The van der Waals surface area contributed by atoms with E-state index in [4.69, 9.17) is 4.74 Å². The Hall–Kier alpha value is -1.06. The fourth-order valence-corrected chi connectivity index (χ4v) is 2.09. The van der Waals surface area contributed by atoms with Gasteiger partial charge < -0.3 is 15.0 Å². The monoisotopic (exact) mass is 264 g/mol. The van der Waals surface area contributed by atoms with Crippen molar-refractivity contribution in [2.75, 3.05) is 27.2 Å². The number of hydrogen-bond acceptors (Lipinski definition) is 3. The second kappa shape index (κ2) is 8.18. The number of likely N-dealkylation sites (N-methyl/N-ethyl adjacent to an activating group) is 1. The molecule has 0 aliphatic rings. The number of benzene rings is 1. The molecule has 1 rings (SSSR count). The van der Waals surface area contributed by atoms with Crippen molar-refractivity contribution in [1.82, 2.24) is 10.2 Å². The molecule has 0 saturated carbocycles. The van der Waals surface area contributed by atoms with Gasteiger partial charge in [-0.15, -0.1) is 0 Å². The van der Waals surface area contributed by atoms with E-state index in [0.29, 0.717) is 6.04 Å². The molecule has 0 atom stereocenters. The Morgan fingerprint density at radius 1 is 1.32 bits per heavy atom. The van der Waals surface area contributed by atoms with E-state index in [1.165, 1.54) is 11.1 Å². The van der Waals surface area contributed by atoms with Crippen LogP contribution in [0.25, 0.3) is 0 Å². The molecule has 0 amide bonds. The molecule has 0 aromatic heterocycles. The summed E-state index contributed by atoms with van der Waals surface area (Å²) in [6.45, 7) is 9.52. The zero-order chi connectivity index (χ0) is 14.3. The average molecular weight is 264 g/mol. The third-order valence-electron chi connectivity index (χ3n) is 3.24. The van der Waals surface area contributed by atoms with E-state index in [1.807, 2.05) is 0 Å². The van der Waals surface area contributed by atoms with Crippen molar-refractivity contribution < 1.29 is 4.74 Å². The Bertz CT molecular complexity index is 377. The van der Waals surface area contributed by atoms with Gasteiger partial charge in [0.25, 0.3) is 0 Å². The van der Waals surface area contributed by atoms with Crippen LogP contribution in [0.5, 0.6) is 5.75 Å². The highest BCUT2D eigenvalue weighted by atomic mass is 16.5. The average Bonchev–Trinajstić information content (AvgIpc) is 2.38. The summed E-state index contributed by atoms with van der Waals surface area (Å²) < 4.78 is 5.45. The number of ether oxygens (including phenoxy) is 1. The minimum absolute atomic E-state index is 0.548. The highest BCUT2D eigenvalue weighted by Gasteiger charge is 2.07. The van der Waals surface area contributed by atoms with Crippen LogP contribution in [0, 0.1) is 0 Å². The lowest BCUT2D eigenvalue weighted by molar-refractivity contribution is 0.311. The summed E-state index contributed by atoms with van der Waals surface area (Å²) >= 11 is 0. The highest BCUT2D eigenvalue weighted by molar-refractivity contribution is 5.37. The predicted octanol–water partition coefficient (Wildman–Crippen LogP) is 2.69. The molecule has 0 fully saturated rings. The molecule has 0 aliphatic carbocycles. The zero-order valence-corrected chi connectivity index (χ0v) is 13.0. The molecule has 1 N–H and O–H groups in total. The van der Waals surface area contributed by atoms with Gasteiger partial charge in [-0.05, 0) is 25.1 Å². The third-order valence-corrected chi connectivity index (χ3v) is 3.24. The molecule has 1 aromatic rings. The summed E-state index contributed by atoms with van der Waals surface area (Å²) in [6.07, 6.45) is 1.07. The SMILES string of the molecule is CCc1ccc(OC)c(CN(C)CCNC(C)C)c1. The van der Waals surface area contributed by atoms with E-state index < -0.39 is 0 Å². The largest absolute Gasteiger partial charge is 0.496 e. The molecule has 0 unspecified atom stereocenters. The van der Waals surface area contributed by atoms with Crippen molar-refractivity contribution in [3.8, 4) is 5.75 Å². The number of hydrogen-bond donors (Lipinski definition) is 1. The van der Waals surface area contributed by atoms with Gasteiger partial charge in [-0.1, -0.05) is 32.9 Å². The van der Waals surface area contributed by atoms with Crippen LogP contribution >= 0.6 is 0 Å². The van der Waals surface area contributed by atoms with Gasteiger partial charge >= 0.3 is 0 Å². The molecule has 0 radical (unpaired) electrons. The Morgan fingerprint density at radius 3 is 2.63 bits per heavy atom. The third kappa shape index (κ3) is 5.62. The van der Waals surface area contributed by atoms with E-state index in [2.05, 4.69) is 56.2 Å². The molecular weight excluding hydrogens is 236 g/mol. The summed E-state index contributed by atoms with van der Waals surface area (Å²) in [5, 5.41) is 3.44. The van der Waals surface area contributed by atoms with Gasteiger partial charge in [-0.3, -0.25) is 0 Å². The zero-order valence-electron chi connectivity index (χ0n) is 13.0. The van der Waals surface area contributed by atoms with Crippen molar-refractivity contribution in [1.29, 1.82) is 0 Å². The number of nitrogens with zero attached hydrogens (tertiary/aromatic N) is 1. The molecule has 1 aromatic carbocycles. The lowest BCUT2D eigenvalue weighted by atomic mass is 10.1. The Labute approximate surface area is 118 Å². The normalized spacial score (nSPS) is 11.3. The minimum Gasteiger partial charge on any atom is -0.496 e. The molecule has 0 heterocycles. The quantitative estimate of drug-likeness (QED) is 0.781. The lowest BCUT2D eigenvalue weighted by Gasteiger charge is -2.20. The highest BCUT2D eigenvalue weighted by Crippen LogP contribution is 2.21. The second-order valence-corrected chi connectivity index (χ2v) is 5.35. The van der Waals surface area contributed by atoms with Gasteiger partial charge in [0.1, 0.15) is 5.75 Å². The van der Waals surface area contributed by atoms with Crippen molar-refractivity contribution in [2.45, 2.75) is 39.8 Å². The van der Waals surface area contributed by atoms with Crippen LogP contribution in [0.1, 0.15) is 31.9 Å². The first-order valence-corrected chi connectivity index (χ1v) is 7.14. The number of rotatable bonds is 8. The molecule has 19 heavy (non-hydrogen) atoms. The molecule has 3 nitrogen and oxygen atoms in total. The molecule has 0 aliphatic heterocycles. The first kappa shape index (κ1) is 16.0. The maximum Gasteiger partial charge on any atom is 0.123 e. The van der Waals surface area contributed by atoms with E-state index in [0.717, 1.165) is 31.8 Å². The lowest BCUT2D eigenvalue weighted by Crippen LogP contribution is -2.32. The van der Waals surface area contributed by atoms with Gasteiger partial charge in [-0.2, -0.15) is 0 Å². The van der Waals surface area contributed by atoms with Gasteiger partial charge in [-0.25, -0.2) is 0 Å². The van der Waals surface area contributed by atoms with Crippen molar-refractivity contribution >= 4 is 0 Å². The van der Waals surface area contributed by atoms with Crippen molar-refractivity contribution in [3.05, 3.63) is 29.3 Å². The van der Waals surface area contributed by atoms with Gasteiger partial charge in [0, 0.05) is 31.2 Å². The molecule has 3 heteroatoms. The summed E-state index contributed by atoms with van der Waals surface area (Å²) in [5.74, 6) is 0.987. The van der Waals surface area contributed by atoms with Gasteiger partial charge in [0.05, 0.1) is 7.11 Å². The van der Waals surface area contributed by atoms with E-state index in [1.54, 1.807) is 7.11 Å². The first-order chi connectivity index (χ1) is 9.06. The predicted molar refractivity (Wildman–Crippen MR) is 81.8 cm³/mol. The van der Waals surface area contributed by atoms with Crippen LogP contribution < -0.4 is 10.1 Å². The smallest absolute Gasteiger partial charge is 0.123 e. The first-order valence-electron chi connectivity index (χ1n) is 7.14. The van der Waals surface area contributed by atoms with Crippen molar-refractivity contribution in [3.63, 3.8) is 0 Å². The van der Waals surface area contributed by atoms with Gasteiger partial charge in [0.2, 0.25) is 0 Å². The topological polar surface area (TPSA) is 24.5 Å². The van der Waals surface area contributed by atoms with Crippen molar-refractivity contribution in [2.24, 2.45) is 0 Å². The Morgan fingerprint density at radius 2 is 2.05 bits per heavy atom. The molecule has 0 saturated heterocycles. The van der Waals surface area contributed by atoms with Crippen LogP contribution in [-0.2, 0) is 13.0 Å². The summed E-state index contributed by atoms with van der Waals surface area (Å²) in [7, 11) is 3.89. The summed E-state index contributed by atoms with van der Waals surface area (Å²) in [5.41, 5.74) is 2.64. The van der Waals surface area contributed by atoms with Crippen LogP contribution in [0.4, 0.5) is 0 Å². The Balaban J connectivity index is 2.58. The molecule has 0 spiro atoms. The molecule has 0 bridgehead atoms. The maximum atomic E-state index is 5.45. The van der Waals surface area contributed by atoms with Crippen LogP contribution in [0.15, 0.2) is 18.2 Å². The minimum atomic E-state index is 0.548. The molecule has 108 valence electrons. The standard InChI is InChI=1S/C16H28N2O/c1-6-14-7-8-16(19-5)15(11-14)12-18(4)10-9-17-13(2)3/h7-8,11,13,17H,6,9-10,12H2,1-5H3. The Kier molecular flexibility index (Phi) is 6.89. The summed E-state index contributed by atoms with van der Waals surface area (Å²) in [4.78, 5) is 2.33. The van der Waals surface area contributed by atoms with Crippen LogP contribution in [0.2, 0.25) is 0 Å². The van der Waals surface area contributed by atoms with Crippen LogP contribution in [-0.4, -0.2) is 38.2 Å². The van der Waals surface area contributed by atoms with Gasteiger partial charge in [0.15, 0.2) is 0 Å². The van der Waals surface area contributed by atoms with E-state index in [9.17, 15) is 0 Å². The van der Waals surface area contributed by atoms with E-state index in [-0.39, 0.29) is 0 Å². The maximum absolute atomic E-state index is 5.45. The number of aryl methyl sites for hydroxylation is 1. The second-order valence-electron chi connectivity index (χ2n) is 5.35. The number of methoxy groups -OCH3 is 1. The fourth-order valence-electron chi connectivity index (χ4n) is 2.09. The fraction of sp³-hybridized carbons (Fsp3) is 0.625. The summed E-state index contributed by atoms with van der Waals surface area (Å²) in [6, 6.07) is 7.02.